The number of amides is 3. The van der Waals surface area contributed by atoms with E-state index in [-0.39, 0.29) is 80.4 Å². The lowest BCUT2D eigenvalue weighted by Crippen LogP contribution is -2.51. The van der Waals surface area contributed by atoms with Crippen LogP contribution >= 0.6 is 0 Å². The maximum absolute atomic E-state index is 13.1. The maximum Gasteiger partial charge on any atom is 0.508 e. The summed E-state index contributed by atoms with van der Waals surface area (Å²) in [6.07, 6.45) is 14.0. The predicted molar refractivity (Wildman–Crippen MR) is 375 cm³/mol. The number of ether oxygens (including phenoxy) is 8. The molecule has 5 N–H and O–H groups in total. The molecule has 6 heterocycles. The van der Waals surface area contributed by atoms with Gasteiger partial charge in [0.25, 0.3) is 11.1 Å². The molecule has 0 saturated carbocycles. The Morgan fingerprint density at radius 2 is 1.03 bits per heavy atom. The molecule has 4 aliphatic rings. The molecule has 2 aromatic heterocycles. The lowest BCUT2D eigenvalue weighted by atomic mass is 10.0. The summed E-state index contributed by atoms with van der Waals surface area (Å²) in [6, 6.07) is 15.2. The number of likely N-dealkylation sites (tertiary alicyclic amines) is 2. The first-order valence-corrected chi connectivity index (χ1v) is 34.3. The van der Waals surface area contributed by atoms with Crippen LogP contribution in [-0.2, 0) is 55.8 Å². The number of carbonyl (C=O) groups is 5. The van der Waals surface area contributed by atoms with Crippen molar-refractivity contribution in [3.8, 4) is 48.4 Å². The van der Waals surface area contributed by atoms with Crippen molar-refractivity contribution >= 4 is 30.4 Å². The van der Waals surface area contributed by atoms with Gasteiger partial charge in [-0.1, -0.05) is 73.6 Å². The minimum absolute atomic E-state index is 0.0179. The van der Waals surface area contributed by atoms with E-state index >= 15 is 0 Å². The summed E-state index contributed by atoms with van der Waals surface area (Å²) in [6.45, 7) is 20.5. The molecule has 27 heteroatoms. The van der Waals surface area contributed by atoms with Crippen LogP contribution in [-0.4, -0.2) is 182 Å². The summed E-state index contributed by atoms with van der Waals surface area (Å²) in [4.78, 5) is 125. The summed E-state index contributed by atoms with van der Waals surface area (Å²) in [7, 11) is 0. The van der Waals surface area contributed by atoms with Crippen LogP contribution in [0.5, 0.6) is 0 Å². The van der Waals surface area contributed by atoms with Crippen LogP contribution in [0.2, 0.25) is 0 Å². The van der Waals surface area contributed by atoms with Crippen molar-refractivity contribution in [3.05, 3.63) is 136 Å². The summed E-state index contributed by atoms with van der Waals surface area (Å²) in [5.41, 5.74) is 5.23. The molecule has 4 unspecified atom stereocenters. The van der Waals surface area contributed by atoms with Gasteiger partial charge in [0.1, 0.15) is 60.2 Å². The number of nitrogens with zero attached hydrogens (tertiary/aromatic N) is 6. The van der Waals surface area contributed by atoms with Gasteiger partial charge in [-0.3, -0.25) is 43.3 Å². The van der Waals surface area contributed by atoms with Crippen LogP contribution < -0.4 is 33.5 Å². The van der Waals surface area contributed by atoms with E-state index in [0.29, 0.717) is 65.2 Å². The number of nitrogens with two attached hydrogens (primary N) is 1. The number of aromatic nitrogens is 4. The monoisotopic (exact) mass is 1400 g/mol. The van der Waals surface area contributed by atoms with E-state index < -0.39 is 82.9 Å². The second-order valence-electron chi connectivity index (χ2n) is 27.0. The van der Waals surface area contributed by atoms with E-state index in [1.807, 2.05) is 104 Å². The van der Waals surface area contributed by atoms with E-state index in [2.05, 4.69) is 60.6 Å². The molecule has 4 aromatic rings. The fourth-order valence-corrected chi connectivity index (χ4v) is 12.1. The van der Waals surface area contributed by atoms with Crippen molar-refractivity contribution in [1.82, 2.24) is 44.0 Å². The van der Waals surface area contributed by atoms with Gasteiger partial charge in [-0.25, -0.2) is 28.8 Å². The molecule has 3 amide bonds. The van der Waals surface area contributed by atoms with E-state index in [9.17, 15) is 43.2 Å². The Balaban J connectivity index is 0.000000284. The molecule has 4 fully saturated rings. The van der Waals surface area contributed by atoms with E-state index in [1.165, 1.54) is 28.5 Å². The minimum atomic E-state index is -0.877. The fourth-order valence-electron chi connectivity index (χ4n) is 12.1. The average molecular weight is 1400 g/mol. The number of carbonyl (C=O) groups excluding carboxylic acids is 5. The van der Waals surface area contributed by atoms with Crippen LogP contribution in [0.4, 0.5) is 19.2 Å². The van der Waals surface area contributed by atoms with E-state index in [4.69, 9.17) is 56.5 Å². The Morgan fingerprint density at radius 1 is 0.624 bits per heavy atom. The summed E-state index contributed by atoms with van der Waals surface area (Å²) < 4.78 is 48.4. The van der Waals surface area contributed by atoms with Crippen LogP contribution in [0.1, 0.15) is 172 Å². The molecule has 0 spiro atoms. The molecule has 8 rings (SSSR count). The van der Waals surface area contributed by atoms with Crippen LogP contribution in [0, 0.1) is 48.4 Å². The predicted octanol–water partition coefficient (Wildman–Crippen LogP) is 6.86. The van der Waals surface area contributed by atoms with Gasteiger partial charge in [-0.15, -0.1) is 12.8 Å². The molecule has 8 atom stereocenters. The lowest BCUT2D eigenvalue weighted by molar-refractivity contribution is -0.118. The molecule has 101 heavy (non-hydrogen) atoms. The van der Waals surface area contributed by atoms with Crippen molar-refractivity contribution < 1.29 is 61.9 Å². The molecule has 4 saturated heterocycles. The molecule has 0 bridgehead atoms. The van der Waals surface area contributed by atoms with Crippen LogP contribution in [0.15, 0.2) is 80.1 Å². The Hall–Kier alpha value is -9.61. The van der Waals surface area contributed by atoms with Gasteiger partial charge in [0.2, 0.25) is 5.91 Å². The summed E-state index contributed by atoms with van der Waals surface area (Å²) >= 11 is 0. The first kappa shape index (κ1) is 78.7. The second kappa shape index (κ2) is 37.7. The van der Waals surface area contributed by atoms with E-state index in [0.717, 1.165) is 60.8 Å². The first-order valence-electron chi connectivity index (χ1n) is 34.3. The van der Waals surface area contributed by atoms with Crippen molar-refractivity contribution in [2.45, 2.75) is 200 Å². The molecule has 0 aliphatic carbocycles. The maximum atomic E-state index is 13.1. The quantitative estimate of drug-likeness (QED) is 0.0376. The molecular weight excluding hydrogens is 1300 g/mol. The number of terminal acetylenes is 2. The van der Waals surface area contributed by atoms with Crippen molar-refractivity contribution in [2.75, 3.05) is 65.6 Å². The highest BCUT2D eigenvalue weighted by molar-refractivity contribution is 5.73. The zero-order chi connectivity index (χ0) is 73.4. The highest BCUT2D eigenvalue weighted by Gasteiger charge is 2.41. The number of hydrogen-bond acceptors (Lipinski definition) is 20. The fraction of sp³-hybridized carbons (Fsp3) is 0.554. The lowest BCUT2D eigenvalue weighted by Gasteiger charge is -2.39. The third-order valence-corrected chi connectivity index (χ3v) is 16.9. The van der Waals surface area contributed by atoms with Gasteiger partial charge in [-0.2, -0.15) is 0 Å². The number of rotatable bonds is 21. The van der Waals surface area contributed by atoms with Gasteiger partial charge >= 0.3 is 35.9 Å². The topological polar surface area (TPSA) is 320 Å². The third-order valence-electron chi connectivity index (χ3n) is 16.9. The van der Waals surface area contributed by atoms with Crippen molar-refractivity contribution in [3.63, 3.8) is 0 Å². The zero-order valence-electron chi connectivity index (χ0n) is 59.3. The molecular formula is C74H96N10O17. The van der Waals surface area contributed by atoms with Gasteiger partial charge in [0.15, 0.2) is 0 Å². The third kappa shape index (κ3) is 24.6. The smallest absolute Gasteiger partial charge is 0.444 e. The summed E-state index contributed by atoms with van der Waals surface area (Å²) in [5.74, 6) is 15.6. The highest BCUT2D eigenvalue weighted by Crippen LogP contribution is 2.34. The van der Waals surface area contributed by atoms with E-state index in [1.54, 1.807) is 9.80 Å². The second-order valence-corrected chi connectivity index (χ2v) is 27.0. The average Bonchev–Trinajstić information content (AvgIpc) is 1.72. The SMILES string of the molecule is C#Cc1ccc(CN(CCOC(=O)OC2C[C@H](n3cc(C#CCN)c(=O)[nH]c3=O)O[C@@H]2CC)CC2CCCCN2C(=O)OC(C)(C)C)cc1.C#Cc1ccc(CN(CCOC(=O)OC2C[C@H](n3cc(C#CCNC(C)=O)c(=O)[nH]c3=O)O[C@@H]2CC)CC2CCCCN2C(=O)OC(C)(C)C)cc1. The molecule has 0 radical (unpaired) electrons. The normalized spacial score (nSPS) is 20.3. The number of H-pyrrole nitrogens is 2. The van der Waals surface area contributed by atoms with Gasteiger partial charge < -0.3 is 58.7 Å². The minimum Gasteiger partial charge on any atom is -0.444 e. The van der Waals surface area contributed by atoms with Gasteiger partial charge in [0, 0.05) is 108 Å². The van der Waals surface area contributed by atoms with Gasteiger partial charge in [0.05, 0.1) is 25.3 Å². The molecule has 2 aromatic carbocycles. The number of benzene rings is 2. The Labute approximate surface area is 589 Å². The summed E-state index contributed by atoms with van der Waals surface area (Å²) in [5, 5.41) is 2.51. The first-order chi connectivity index (χ1) is 48.2. The van der Waals surface area contributed by atoms with Crippen LogP contribution in [0.25, 0.3) is 0 Å². The van der Waals surface area contributed by atoms with Crippen molar-refractivity contribution in [2.24, 2.45) is 5.73 Å². The molecule has 4 aliphatic heterocycles. The Morgan fingerprint density at radius 3 is 1.40 bits per heavy atom. The van der Waals surface area contributed by atoms with Crippen LogP contribution in [0.3, 0.4) is 0 Å². The number of nitrogens with one attached hydrogen (secondary N) is 3. The van der Waals surface area contributed by atoms with Gasteiger partial charge in [-0.05, 0) is 128 Å². The zero-order valence-corrected chi connectivity index (χ0v) is 59.3. The number of aromatic amines is 2. The number of hydrogen-bond donors (Lipinski definition) is 4. The Kier molecular flexibility index (Phi) is 29.4. The highest BCUT2D eigenvalue weighted by atomic mass is 16.7. The van der Waals surface area contributed by atoms with Crippen molar-refractivity contribution in [1.29, 1.82) is 0 Å². The molecule has 27 nitrogen and oxygen atoms in total. The number of piperidine rings is 2. The molecule has 544 valence electrons. The standard InChI is InChI=1S/C38H49N5O9.C36H47N5O8/c1-7-27-14-16-28(17-15-27)23-41(25-30-13-9-10-19-42(30)36(47)52-38(4,5)6)20-21-49-37(48)51-32-22-33(50-31(32)8-2)43-24-29(34(45)40-35(43)46)12-11-18-39-26(3)44;1-6-25-13-15-26(16-14-25)22-39(24-28-12-8-9-18-40(28)34(44)49-36(3,4)5)19-20-46-35(45)48-30-21-31(47-29(30)7-2)41-23-27(11-10-17-37)32(42)38-33(41)43/h1,14-17,24,30-33H,8-10,13,18-23,25H2,2-6H3,(H,39,44)(H,40,45,46);1,13-16,23,28-31H,7-9,12,17-22,24,37H2,2-5H3,(H,38,42,43)/t30?,31-,32?,33-;28?,29-,30?,31-/m11/s1. The Bertz CT molecular complexity index is 3940. The largest absolute Gasteiger partial charge is 0.508 e.